The van der Waals surface area contributed by atoms with E-state index in [4.69, 9.17) is 14.2 Å². The minimum atomic E-state index is -0.203. The number of aromatic nitrogens is 1. The Labute approximate surface area is 222 Å². The maximum Gasteiger partial charge on any atom is 0.138 e. The van der Waals surface area contributed by atoms with Gasteiger partial charge in [-0.15, -0.1) is 0 Å². The molecule has 1 N–H and O–H groups in total. The summed E-state index contributed by atoms with van der Waals surface area (Å²) in [5.41, 5.74) is 3.51. The SMILES string of the molecule is COC1C=c2c(Oc3ccc(Nc4ccc(C(C)(C)C)cc4)cc3)ccnc2=CC1OCCC(C)Br. The van der Waals surface area contributed by atoms with Gasteiger partial charge in [-0.2, -0.15) is 0 Å². The Morgan fingerprint density at radius 3 is 2.22 bits per heavy atom. The molecule has 0 spiro atoms. The second kappa shape index (κ2) is 11.6. The van der Waals surface area contributed by atoms with Crippen LogP contribution in [-0.4, -0.2) is 35.7 Å². The number of methoxy groups -OCH3 is 1. The van der Waals surface area contributed by atoms with E-state index < -0.39 is 0 Å². The number of ether oxygens (including phenoxy) is 3. The molecule has 0 bridgehead atoms. The maximum absolute atomic E-state index is 6.25. The van der Waals surface area contributed by atoms with Gasteiger partial charge in [-0.05, 0) is 72.0 Å². The van der Waals surface area contributed by atoms with Gasteiger partial charge in [-0.3, -0.25) is 4.98 Å². The van der Waals surface area contributed by atoms with Gasteiger partial charge >= 0.3 is 0 Å². The van der Waals surface area contributed by atoms with Crippen LogP contribution in [0.3, 0.4) is 0 Å². The van der Waals surface area contributed by atoms with Gasteiger partial charge in [0, 0.05) is 41.3 Å². The van der Waals surface area contributed by atoms with Gasteiger partial charge in [-0.1, -0.05) is 55.8 Å². The average Bonchev–Trinajstić information content (AvgIpc) is 2.84. The molecule has 36 heavy (non-hydrogen) atoms. The second-order valence-electron chi connectivity index (χ2n) is 10.1. The predicted molar refractivity (Wildman–Crippen MR) is 151 cm³/mol. The number of pyridine rings is 1. The second-order valence-corrected chi connectivity index (χ2v) is 11.7. The van der Waals surface area contributed by atoms with E-state index in [2.05, 4.69) is 78.2 Å². The van der Waals surface area contributed by atoms with Crippen molar-refractivity contribution in [2.24, 2.45) is 0 Å². The number of fused-ring (bicyclic) bond motifs is 1. The van der Waals surface area contributed by atoms with Crippen LogP contribution < -0.4 is 20.6 Å². The summed E-state index contributed by atoms with van der Waals surface area (Å²) in [6, 6.07) is 18.4. The van der Waals surface area contributed by atoms with E-state index >= 15 is 0 Å². The largest absolute Gasteiger partial charge is 0.457 e. The number of anilines is 2. The molecule has 1 aromatic heterocycles. The summed E-state index contributed by atoms with van der Waals surface area (Å²) >= 11 is 3.57. The molecule has 1 aliphatic carbocycles. The van der Waals surface area contributed by atoms with Crippen molar-refractivity contribution in [3.63, 3.8) is 0 Å². The predicted octanol–water partition coefficient (Wildman–Crippen LogP) is 6.06. The van der Waals surface area contributed by atoms with Gasteiger partial charge in [0.15, 0.2) is 0 Å². The number of alkyl halides is 1. The molecular weight excluding hydrogens is 516 g/mol. The Hall–Kier alpha value is -2.67. The van der Waals surface area contributed by atoms with Crippen molar-refractivity contribution in [3.8, 4) is 11.5 Å². The first kappa shape index (κ1) is 26.4. The van der Waals surface area contributed by atoms with Crippen LogP contribution in [0.25, 0.3) is 12.2 Å². The highest BCUT2D eigenvalue weighted by atomic mass is 79.9. The van der Waals surface area contributed by atoms with Gasteiger partial charge in [0.2, 0.25) is 0 Å². The van der Waals surface area contributed by atoms with Crippen LogP contribution in [-0.2, 0) is 14.9 Å². The fraction of sp³-hybridized carbons (Fsp3) is 0.367. The Bertz CT molecular complexity index is 1270. The fourth-order valence-electron chi connectivity index (χ4n) is 4.03. The average molecular weight is 552 g/mol. The summed E-state index contributed by atoms with van der Waals surface area (Å²) in [7, 11) is 1.70. The van der Waals surface area contributed by atoms with Crippen LogP contribution in [0.2, 0.25) is 0 Å². The molecule has 0 radical (unpaired) electrons. The van der Waals surface area contributed by atoms with Crippen molar-refractivity contribution >= 4 is 39.5 Å². The molecule has 2 aromatic carbocycles. The topological polar surface area (TPSA) is 52.6 Å². The van der Waals surface area contributed by atoms with E-state index in [9.17, 15) is 0 Å². The Morgan fingerprint density at radius 2 is 1.61 bits per heavy atom. The number of benzene rings is 2. The number of halogens is 1. The Morgan fingerprint density at radius 1 is 0.944 bits per heavy atom. The third-order valence-electron chi connectivity index (χ3n) is 6.18. The highest BCUT2D eigenvalue weighted by Crippen LogP contribution is 2.26. The van der Waals surface area contributed by atoms with E-state index in [1.807, 2.05) is 42.5 Å². The van der Waals surface area contributed by atoms with Crippen LogP contribution in [0.5, 0.6) is 11.5 Å². The summed E-state index contributed by atoms with van der Waals surface area (Å²) in [5.74, 6) is 1.49. The summed E-state index contributed by atoms with van der Waals surface area (Å²) in [4.78, 5) is 4.95. The molecule has 1 heterocycles. The zero-order valence-electron chi connectivity index (χ0n) is 21.6. The number of nitrogens with one attached hydrogen (secondary N) is 1. The summed E-state index contributed by atoms with van der Waals surface area (Å²) < 4.78 is 18.0. The van der Waals surface area contributed by atoms with Crippen molar-refractivity contribution in [1.82, 2.24) is 4.98 Å². The first-order chi connectivity index (χ1) is 17.2. The van der Waals surface area contributed by atoms with E-state index in [0.29, 0.717) is 11.4 Å². The van der Waals surface area contributed by atoms with Crippen LogP contribution in [0, 0.1) is 0 Å². The lowest BCUT2D eigenvalue weighted by atomic mass is 9.87. The summed E-state index contributed by atoms with van der Waals surface area (Å²) in [6.07, 6.45) is 6.37. The molecule has 0 saturated heterocycles. The fourth-order valence-corrected chi connectivity index (χ4v) is 4.22. The molecule has 0 aliphatic heterocycles. The molecule has 1 aliphatic rings. The third kappa shape index (κ3) is 6.75. The van der Waals surface area contributed by atoms with Crippen molar-refractivity contribution in [1.29, 1.82) is 0 Å². The lowest BCUT2D eigenvalue weighted by Crippen LogP contribution is -2.42. The lowest BCUT2D eigenvalue weighted by Gasteiger charge is -2.24. The molecular formula is C30H35BrN2O3. The molecule has 5 nitrogen and oxygen atoms in total. The van der Waals surface area contributed by atoms with Gasteiger partial charge < -0.3 is 19.5 Å². The molecule has 4 rings (SSSR count). The smallest absolute Gasteiger partial charge is 0.138 e. The summed E-state index contributed by atoms with van der Waals surface area (Å²) in [5, 5.41) is 5.21. The molecule has 0 amide bonds. The van der Waals surface area contributed by atoms with Crippen molar-refractivity contribution in [3.05, 3.63) is 76.9 Å². The minimum absolute atomic E-state index is 0.141. The molecule has 3 aromatic rings. The van der Waals surface area contributed by atoms with Gasteiger partial charge in [-0.25, -0.2) is 0 Å². The first-order valence-corrected chi connectivity index (χ1v) is 13.3. The van der Waals surface area contributed by atoms with E-state index in [1.165, 1.54) is 5.56 Å². The monoisotopic (exact) mass is 550 g/mol. The summed E-state index contributed by atoms with van der Waals surface area (Å²) in [6.45, 7) is 9.42. The number of hydrogen-bond donors (Lipinski definition) is 1. The van der Waals surface area contributed by atoms with E-state index in [-0.39, 0.29) is 17.6 Å². The first-order valence-electron chi connectivity index (χ1n) is 12.4. The number of nitrogens with zero attached hydrogens (tertiary/aromatic N) is 1. The van der Waals surface area contributed by atoms with Crippen LogP contribution in [0.1, 0.15) is 39.7 Å². The van der Waals surface area contributed by atoms with Crippen LogP contribution in [0.4, 0.5) is 11.4 Å². The highest BCUT2D eigenvalue weighted by Gasteiger charge is 2.22. The minimum Gasteiger partial charge on any atom is -0.457 e. The highest BCUT2D eigenvalue weighted by molar-refractivity contribution is 9.09. The van der Waals surface area contributed by atoms with Crippen molar-refractivity contribution < 1.29 is 14.2 Å². The molecule has 0 fully saturated rings. The lowest BCUT2D eigenvalue weighted by molar-refractivity contribution is 0.00385. The molecule has 0 saturated carbocycles. The van der Waals surface area contributed by atoms with Crippen molar-refractivity contribution in [2.75, 3.05) is 19.0 Å². The molecule has 3 unspecified atom stereocenters. The van der Waals surface area contributed by atoms with Crippen molar-refractivity contribution in [2.45, 2.75) is 56.6 Å². The number of hydrogen-bond acceptors (Lipinski definition) is 5. The van der Waals surface area contributed by atoms with E-state index in [0.717, 1.165) is 39.9 Å². The molecule has 3 atom stereocenters. The normalized spacial score (nSPS) is 17.9. The van der Waals surface area contributed by atoms with Gasteiger partial charge in [0.05, 0.1) is 5.35 Å². The third-order valence-corrected chi connectivity index (χ3v) is 6.64. The Kier molecular flexibility index (Phi) is 8.50. The van der Waals surface area contributed by atoms with Crippen LogP contribution >= 0.6 is 15.9 Å². The number of rotatable bonds is 9. The zero-order chi connectivity index (χ0) is 25.7. The maximum atomic E-state index is 6.25. The molecule has 6 heteroatoms. The van der Waals surface area contributed by atoms with Gasteiger partial charge in [0.1, 0.15) is 23.7 Å². The van der Waals surface area contributed by atoms with Crippen LogP contribution in [0.15, 0.2) is 60.8 Å². The zero-order valence-corrected chi connectivity index (χ0v) is 23.2. The molecule has 190 valence electrons. The van der Waals surface area contributed by atoms with Gasteiger partial charge in [0.25, 0.3) is 0 Å². The Balaban J connectivity index is 1.47. The standard InChI is InChI=1S/C30H35BrN2O3/c1-20(31)15-17-35-29-19-26-25(18-28(29)34-5)27(14-16-32-26)36-24-12-10-23(11-13-24)33-22-8-6-21(7-9-22)30(2,3)4/h6-14,16,18-20,28-29,33H,15,17H2,1-5H3. The quantitative estimate of drug-likeness (QED) is 0.328. The van der Waals surface area contributed by atoms with E-state index in [1.54, 1.807) is 13.3 Å².